The van der Waals surface area contributed by atoms with Crippen molar-refractivity contribution in [3.05, 3.63) is 30.1 Å². The Morgan fingerprint density at radius 1 is 1.50 bits per heavy atom. The molecular formula is C14H21N3O. The molecule has 1 saturated heterocycles. The Hall–Kier alpha value is -1.42. The lowest BCUT2D eigenvalue weighted by Gasteiger charge is -2.30. The summed E-state index contributed by atoms with van der Waals surface area (Å²) in [6, 6.07) is 3.91. The van der Waals surface area contributed by atoms with Crippen LogP contribution in [0.4, 0.5) is 0 Å². The van der Waals surface area contributed by atoms with Gasteiger partial charge in [-0.25, -0.2) is 0 Å². The van der Waals surface area contributed by atoms with Crippen LogP contribution < -0.4 is 5.32 Å². The fraction of sp³-hybridized carbons (Fsp3) is 0.571. The Labute approximate surface area is 108 Å². The topological polar surface area (TPSA) is 45.2 Å². The molecule has 1 aliphatic rings. The van der Waals surface area contributed by atoms with Crippen LogP contribution in [0.1, 0.15) is 25.3 Å². The maximum Gasteiger partial charge on any atom is 0.236 e. The molecule has 0 spiro atoms. The van der Waals surface area contributed by atoms with E-state index in [-0.39, 0.29) is 5.91 Å². The summed E-state index contributed by atoms with van der Waals surface area (Å²) in [5.41, 5.74) is 1.11. The van der Waals surface area contributed by atoms with Crippen molar-refractivity contribution in [3.8, 4) is 0 Å². The summed E-state index contributed by atoms with van der Waals surface area (Å²) in [5, 5.41) is 3.18. The number of hydrogen-bond donors (Lipinski definition) is 1. The van der Waals surface area contributed by atoms with Gasteiger partial charge in [-0.2, -0.15) is 0 Å². The van der Waals surface area contributed by atoms with Crippen molar-refractivity contribution in [2.45, 2.75) is 26.3 Å². The lowest BCUT2D eigenvalue weighted by molar-refractivity contribution is -0.131. The van der Waals surface area contributed by atoms with E-state index < -0.39 is 0 Å². The molecule has 0 aromatic carbocycles. The molecule has 1 aromatic rings. The molecule has 2 heterocycles. The number of likely N-dealkylation sites (tertiary alicyclic amines) is 1. The number of aromatic nitrogens is 1. The van der Waals surface area contributed by atoms with Gasteiger partial charge in [0.15, 0.2) is 0 Å². The number of pyridine rings is 1. The second-order valence-electron chi connectivity index (χ2n) is 5.03. The molecule has 0 aliphatic carbocycles. The van der Waals surface area contributed by atoms with Crippen LogP contribution in [-0.2, 0) is 11.3 Å². The number of rotatable bonds is 4. The minimum atomic E-state index is 0.214. The Bertz CT molecular complexity index is 372. The molecule has 0 saturated carbocycles. The molecule has 1 N–H and O–H groups in total. The standard InChI is InChI=1S/C14H21N3O/c1-12-4-7-17(8-5-12)14(18)11-16-10-13-3-2-6-15-9-13/h2-3,6,9,12,16H,4-5,7-8,10-11H2,1H3. The highest BCUT2D eigenvalue weighted by Gasteiger charge is 2.19. The summed E-state index contributed by atoms with van der Waals surface area (Å²) in [7, 11) is 0. The average molecular weight is 247 g/mol. The lowest BCUT2D eigenvalue weighted by atomic mass is 9.99. The summed E-state index contributed by atoms with van der Waals surface area (Å²) in [6.07, 6.45) is 5.84. The van der Waals surface area contributed by atoms with Crippen LogP contribution in [0.25, 0.3) is 0 Å². The highest BCUT2D eigenvalue weighted by molar-refractivity contribution is 5.78. The van der Waals surface area contributed by atoms with Gasteiger partial charge in [-0.05, 0) is 30.4 Å². The third-order valence-electron chi connectivity index (χ3n) is 3.46. The van der Waals surface area contributed by atoms with Crippen LogP contribution in [0.15, 0.2) is 24.5 Å². The van der Waals surface area contributed by atoms with Crippen LogP contribution >= 0.6 is 0 Å². The monoisotopic (exact) mass is 247 g/mol. The first kappa shape index (κ1) is 13.0. The van der Waals surface area contributed by atoms with E-state index in [0.29, 0.717) is 13.1 Å². The molecule has 4 heteroatoms. The molecule has 4 nitrogen and oxygen atoms in total. The quantitative estimate of drug-likeness (QED) is 0.875. The number of amides is 1. The fourth-order valence-corrected chi connectivity index (χ4v) is 2.19. The van der Waals surface area contributed by atoms with Crippen molar-refractivity contribution in [2.24, 2.45) is 5.92 Å². The van der Waals surface area contributed by atoms with Crippen LogP contribution in [0.2, 0.25) is 0 Å². The van der Waals surface area contributed by atoms with Crippen LogP contribution in [0.3, 0.4) is 0 Å². The smallest absolute Gasteiger partial charge is 0.236 e. The first-order valence-electron chi connectivity index (χ1n) is 6.63. The molecule has 18 heavy (non-hydrogen) atoms. The molecule has 0 unspecified atom stereocenters. The first-order valence-corrected chi connectivity index (χ1v) is 6.63. The van der Waals surface area contributed by atoms with E-state index in [1.165, 1.54) is 0 Å². The summed E-state index contributed by atoms with van der Waals surface area (Å²) in [4.78, 5) is 18.0. The van der Waals surface area contributed by atoms with Gasteiger partial charge in [0.2, 0.25) is 5.91 Å². The van der Waals surface area contributed by atoms with E-state index in [1.54, 1.807) is 6.20 Å². The van der Waals surface area contributed by atoms with Crippen LogP contribution in [0, 0.1) is 5.92 Å². The number of carbonyl (C=O) groups is 1. The Morgan fingerprint density at radius 2 is 2.28 bits per heavy atom. The number of piperidine rings is 1. The lowest BCUT2D eigenvalue weighted by Crippen LogP contribution is -2.42. The molecular weight excluding hydrogens is 226 g/mol. The number of hydrogen-bond acceptors (Lipinski definition) is 3. The zero-order valence-electron chi connectivity index (χ0n) is 10.9. The SMILES string of the molecule is CC1CCN(C(=O)CNCc2cccnc2)CC1. The number of nitrogens with one attached hydrogen (secondary N) is 1. The molecule has 98 valence electrons. The Morgan fingerprint density at radius 3 is 2.94 bits per heavy atom. The van der Waals surface area contributed by atoms with E-state index in [0.717, 1.165) is 37.4 Å². The fourth-order valence-electron chi connectivity index (χ4n) is 2.19. The van der Waals surface area contributed by atoms with Crippen LogP contribution in [-0.4, -0.2) is 35.4 Å². The highest BCUT2D eigenvalue weighted by atomic mass is 16.2. The van der Waals surface area contributed by atoms with Gasteiger partial charge in [0.25, 0.3) is 0 Å². The number of carbonyl (C=O) groups excluding carboxylic acids is 1. The van der Waals surface area contributed by atoms with Crippen LogP contribution in [0.5, 0.6) is 0 Å². The van der Waals surface area contributed by atoms with Gasteiger partial charge < -0.3 is 10.2 Å². The third kappa shape index (κ3) is 3.81. The zero-order valence-corrected chi connectivity index (χ0v) is 10.9. The second-order valence-corrected chi connectivity index (χ2v) is 5.03. The van der Waals surface area contributed by atoms with Crippen molar-refractivity contribution < 1.29 is 4.79 Å². The zero-order chi connectivity index (χ0) is 12.8. The van der Waals surface area contributed by atoms with E-state index >= 15 is 0 Å². The minimum absolute atomic E-state index is 0.214. The summed E-state index contributed by atoms with van der Waals surface area (Å²) >= 11 is 0. The summed E-state index contributed by atoms with van der Waals surface area (Å²) in [5.74, 6) is 0.975. The average Bonchev–Trinajstić information content (AvgIpc) is 2.40. The molecule has 1 aliphatic heterocycles. The van der Waals surface area contributed by atoms with E-state index in [4.69, 9.17) is 0 Å². The van der Waals surface area contributed by atoms with Crippen molar-refractivity contribution in [1.82, 2.24) is 15.2 Å². The Kier molecular flexibility index (Phi) is 4.70. The summed E-state index contributed by atoms with van der Waals surface area (Å²) < 4.78 is 0. The van der Waals surface area contributed by atoms with Crippen molar-refractivity contribution in [3.63, 3.8) is 0 Å². The summed E-state index contributed by atoms with van der Waals surface area (Å²) in [6.45, 7) is 5.19. The molecule has 0 atom stereocenters. The van der Waals surface area contributed by atoms with Crippen molar-refractivity contribution >= 4 is 5.91 Å². The van der Waals surface area contributed by atoms with Crippen molar-refractivity contribution in [1.29, 1.82) is 0 Å². The maximum atomic E-state index is 11.9. The first-order chi connectivity index (χ1) is 8.75. The minimum Gasteiger partial charge on any atom is -0.342 e. The van der Waals surface area contributed by atoms with E-state index in [9.17, 15) is 4.79 Å². The van der Waals surface area contributed by atoms with Gasteiger partial charge >= 0.3 is 0 Å². The van der Waals surface area contributed by atoms with Gasteiger partial charge in [-0.15, -0.1) is 0 Å². The van der Waals surface area contributed by atoms with E-state index in [1.807, 2.05) is 23.2 Å². The normalized spacial score (nSPS) is 16.8. The predicted molar refractivity (Wildman–Crippen MR) is 70.9 cm³/mol. The van der Waals surface area contributed by atoms with Gasteiger partial charge in [0, 0.05) is 32.0 Å². The second kappa shape index (κ2) is 6.50. The largest absolute Gasteiger partial charge is 0.342 e. The van der Waals surface area contributed by atoms with Gasteiger partial charge in [0.05, 0.1) is 6.54 Å². The maximum absolute atomic E-state index is 11.9. The highest BCUT2D eigenvalue weighted by Crippen LogP contribution is 2.15. The molecule has 0 bridgehead atoms. The molecule has 1 aromatic heterocycles. The molecule has 1 fully saturated rings. The van der Waals surface area contributed by atoms with E-state index in [2.05, 4.69) is 17.2 Å². The van der Waals surface area contributed by atoms with Crippen molar-refractivity contribution in [2.75, 3.05) is 19.6 Å². The van der Waals surface area contributed by atoms with Gasteiger partial charge in [0.1, 0.15) is 0 Å². The molecule has 1 amide bonds. The molecule has 2 rings (SSSR count). The predicted octanol–water partition coefficient (Wildman–Crippen LogP) is 1.43. The Balaban J connectivity index is 1.69. The van der Waals surface area contributed by atoms with Gasteiger partial charge in [-0.1, -0.05) is 13.0 Å². The molecule has 0 radical (unpaired) electrons. The van der Waals surface area contributed by atoms with Gasteiger partial charge in [-0.3, -0.25) is 9.78 Å². The third-order valence-corrected chi connectivity index (χ3v) is 3.46. The number of nitrogens with zero attached hydrogens (tertiary/aromatic N) is 2.